The smallest absolute Gasteiger partial charge is 0.0300 e. The normalized spacial score (nSPS) is 13.9. The van der Waals surface area contributed by atoms with Gasteiger partial charge in [-0.1, -0.05) is 41.9 Å². The highest BCUT2D eigenvalue weighted by atomic mass is 79.9. The van der Waals surface area contributed by atoms with Crippen molar-refractivity contribution in [2.45, 2.75) is 26.3 Å². The summed E-state index contributed by atoms with van der Waals surface area (Å²) in [4.78, 5) is 0. The van der Waals surface area contributed by atoms with E-state index in [0.717, 1.165) is 16.5 Å². The van der Waals surface area contributed by atoms with Crippen molar-refractivity contribution in [2.24, 2.45) is 16.9 Å². The summed E-state index contributed by atoms with van der Waals surface area (Å²) in [5.74, 6) is 0. The first-order valence-electron chi connectivity index (χ1n) is 5.16. The summed E-state index contributed by atoms with van der Waals surface area (Å²) in [6.45, 7) is 4.95. The number of hydrogen-bond acceptors (Lipinski definition) is 2. The molecule has 1 unspecified atom stereocenters. The monoisotopic (exact) mass is 270 g/mol. The number of rotatable bonds is 4. The van der Waals surface area contributed by atoms with E-state index < -0.39 is 0 Å². The van der Waals surface area contributed by atoms with Crippen LogP contribution < -0.4 is 11.5 Å². The van der Waals surface area contributed by atoms with Crippen molar-refractivity contribution in [3.8, 4) is 0 Å². The van der Waals surface area contributed by atoms with Gasteiger partial charge in [0, 0.05) is 10.5 Å². The fraction of sp³-hybridized carbons (Fsp3) is 0.500. The zero-order valence-corrected chi connectivity index (χ0v) is 10.9. The molecule has 15 heavy (non-hydrogen) atoms. The summed E-state index contributed by atoms with van der Waals surface area (Å²) >= 11 is 3.45. The van der Waals surface area contributed by atoms with Gasteiger partial charge in [-0.05, 0) is 36.1 Å². The molecular weight excluding hydrogens is 252 g/mol. The maximum absolute atomic E-state index is 6.15. The van der Waals surface area contributed by atoms with Crippen molar-refractivity contribution in [2.75, 3.05) is 6.54 Å². The molecule has 0 aliphatic heterocycles. The van der Waals surface area contributed by atoms with E-state index >= 15 is 0 Å². The molecule has 0 saturated heterocycles. The summed E-state index contributed by atoms with van der Waals surface area (Å²) in [6, 6.07) is 8.19. The number of halogens is 1. The highest BCUT2D eigenvalue weighted by Crippen LogP contribution is 2.28. The summed E-state index contributed by atoms with van der Waals surface area (Å²) in [6.07, 6.45) is 0.903. The van der Waals surface area contributed by atoms with Gasteiger partial charge >= 0.3 is 0 Å². The first kappa shape index (κ1) is 12.7. The van der Waals surface area contributed by atoms with E-state index in [0.29, 0.717) is 6.54 Å². The fourth-order valence-electron chi connectivity index (χ4n) is 1.53. The van der Waals surface area contributed by atoms with Crippen molar-refractivity contribution < 1.29 is 0 Å². The lowest BCUT2D eigenvalue weighted by molar-refractivity contribution is 0.317. The lowest BCUT2D eigenvalue weighted by Crippen LogP contribution is -2.28. The molecule has 0 aromatic heterocycles. The quantitative estimate of drug-likeness (QED) is 0.884. The molecule has 0 saturated carbocycles. The molecule has 84 valence electrons. The molecule has 0 spiro atoms. The molecule has 0 amide bonds. The van der Waals surface area contributed by atoms with Crippen LogP contribution in [-0.2, 0) is 0 Å². The molecule has 0 aliphatic rings. The fourth-order valence-corrected chi connectivity index (χ4v) is 1.95. The van der Waals surface area contributed by atoms with Crippen molar-refractivity contribution >= 4 is 15.9 Å². The van der Waals surface area contributed by atoms with Crippen LogP contribution in [0.3, 0.4) is 0 Å². The summed E-state index contributed by atoms with van der Waals surface area (Å²) in [5.41, 5.74) is 13.1. The van der Waals surface area contributed by atoms with Crippen molar-refractivity contribution in [1.29, 1.82) is 0 Å². The third-order valence-electron chi connectivity index (χ3n) is 2.60. The zero-order chi connectivity index (χ0) is 11.5. The molecule has 0 bridgehead atoms. The van der Waals surface area contributed by atoms with Gasteiger partial charge in [0.25, 0.3) is 0 Å². The van der Waals surface area contributed by atoms with E-state index in [1.54, 1.807) is 0 Å². The minimum Gasteiger partial charge on any atom is -0.330 e. The van der Waals surface area contributed by atoms with Gasteiger partial charge in [0.2, 0.25) is 0 Å². The Balaban J connectivity index is 2.73. The predicted molar refractivity (Wildman–Crippen MR) is 68.5 cm³/mol. The summed E-state index contributed by atoms with van der Waals surface area (Å²) < 4.78 is 1.07. The predicted octanol–water partition coefficient (Wildman–Crippen LogP) is 2.82. The van der Waals surface area contributed by atoms with E-state index in [1.165, 1.54) is 0 Å². The Bertz CT molecular complexity index is 323. The average Bonchev–Trinajstić information content (AvgIpc) is 2.17. The SMILES string of the molecule is CC(C)(CN)CC(N)c1cccc(Br)c1. The molecule has 0 heterocycles. The molecule has 0 radical (unpaired) electrons. The molecule has 4 N–H and O–H groups in total. The van der Waals surface area contributed by atoms with Crippen LogP contribution in [0.1, 0.15) is 31.9 Å². The molecule has 1 atom stereocenters. The Labute approximate surface area is 100 Å². The Kier molecular flexibility index (Phi) is 4.32. The van der Waals surface area contributed by atoms with Gasteiger partial charge in [-0.15, -0.1) is 0 Å². The van der Waals surface area contributed by atoms with Gasteiger partial charge in [-0.3, -0.25) is 0 Å². The second kappa shape index (κ2) is 5.10. The standard InChI is InChI=1S/C12H19BrN2/c1-12(2,8-14)7-11(15)9-4-3-5-10(13)6-9/h3-6,11H,7-8,14-15H2,1-2H3. The lowest BCUT2D eigenvalue weighted by atomic mass is 9.84. The summed E-state index contributed by atoms with van der Waals surface area (Å²) in [7, 11) is 0. The Morgan fingerprint density at radius 1 is 1.40 bits per heavy atom. The van der Waals surface area contributed by atoms with Crippen molar-refractivity contribution in [1.82, 2.24) is 0 Å². The lowest BCUT2D eigenvalue weighted by Gasteiger charge is -2.26. The van der Waals surface area contributed by atoms with Gasteiger partial charge in [0.15, 0.2) is 0 Å². The van der Waals surface area contributed by atoms with E-state index in [9.17, 15) is 0 Å². The van der Waals surface area contributed by atoms with Crippen molar-refractivity contribution in [3.05, 3.63) is 34.3 Å². The number of hydrogen-bond donors (Lipinski definition) is 2. The minimum atomic E-state index is 0.0565. The molecule has 0 fully saturated rings. The summed E-state index contributed by atoms with van der Waals surface area (Å²) in [5, 5.41) is 0. The average molecular weight is 271 g/mol. The van der Waals surface area contributed by atoms with Gasteiger partial charge < -0.3 is 11.5 Å². The van der Waals surface area contributed by atoms with E-state index in [4.69, 9.17) is 11.5 Å². The Hall–Kier alpha value is -0.380. The molecular formula is C12H19BrN2. The third kappa shape index (κ3) is 3.93. The van der Waals surface area contributed by atoms with E-state index in [-0.39, 0.29) is 11.5 Å². The second-order valence-electron chi connectivity index (χ2n) is 4.73. The van der Waals surface area contributed by atoms with Crippen molar-refractivity contribution in [3.63, 3.8) is 0 Å². The van der Waals surface area contributed by atoms with Crippen LogP contribution in [0.4, 0.5) is 0 Å². The van der Waals surface area contributed by atoms with Crippen LogP contribution in [0.25, 0.3) is 0 Å². The van der Waals surface area contributed by atoms with Gasteiger partial charge in [-0.2, -0.15) is 0 Å². The van der Waals surface area contributed by atoms with E-state index in [1.807, 2.05) is 12.1 Å². The van der Waals surface area contributed by atoms with Crippen LogP contribution in [0.5, 0.6) is 0 Å². The zero-order valence-electron chi connectivity index (χ0n) is 9.33. The van der Waals surface area contributed by atoms with Crippen LogP contribution in [0, 0.1) is 5.41 Å². The molecule has 1 rings (SSSR count). The van der Waals surface area contributed by atoms with Gasteiger partial charge in [-0.25, -0.2) is 0 Å². The highest BCUT2D eigenvalue weighted by Gasteiger charge is 2.20. The maximum Gasteiger partial charge on any atom is 0.0300 e. The molecule has 3 heteroatoms. The van der Waals surface area contributed by atoms with Crippen LogP contribution in [-0.4, -0.2) is 6.54 Å². The molecule has 1 aromatic carbocycles. The number of nitrogens with two attached hydrogens (primary N) is 2. The third-order valence-corrected chi connectivity index (χ3v) is 3.10. The number of benzene rings is 1. The topological polar surface area (TPSA) is 52.0 Å². The van der Waals surface area contributed by atoms with Gasteiger partial charge in [0.05, 0.1) is 0 Å². The van der Waals surface area contributed by atoms with Crippen LogP contribution >= 0.6 is 15.9 Å². The molecule has 2 nitrogen and oxygen atoms in total. The maximum atomic E-state index is 6.15. The minimum absolute atomic E-state index is 0.0565. The first-order valence-corrected chi connectivity index (χ1v) is 5.95. The van der Waals surface area contributed by atoms with Gasteiger partial charge in [0.1, 0.15) is 0 Å². The van der Waals surface area contributed by atoms with E-state index in [2.05, 4.69) is 41.9 Å². The second-order valence-corrected chi connectivity index (χ2v) is 5.65. The van der Waals surface area contributed by atoms with Crippen LogP contribution in [0.2, 0.25) is 0 Å². The molecule has 1 aromatic rings. The largest absolute Gasteiger partial charge is 0.330 e. The first-order chi connectivity index (χ1) is 6.94. The Morgan fingerprint density at radius 3 is 2.60 bits per heavy atom. The highest BCUT2D eigenvalue weighted by molar-refractivity contribution is 9.10. The Morgan fingerprint density at radius 2 is 2.07 bits per heavy atom. The van der Waals surface area contributed by atoms with Crippen LogP contribution in [0.15, 0.2) is 28.7 Å². The molecule has 0 aliphatic carbocycles.